The van der Waals surface area contributed by atoms with Crippen LogP contribution in [0.1, 0.15) is 6.92 Å². The van der Waals surface area contributed by atoms with Crippen molar-refractivity contribution in [2.24, 2.45) is 0 Å². The van der Waals surface area contributed by atoms with Gasteiger partial charge in [0.15, 0.2) is 9.84 Å². The molecule has 0 saturated carbocycles. The molecule has 2 atom stereocenters. The normalized spacial score (nSPS) is 18.2. The largest absolute Gasteiger partial charge is 0.232 e. The van der Waals surface area contributed by atoms with E-state index in [1.54, 1.807) is 0 Å². The molecule has 0 aromatic carbocycles. The van der Waals surface area contributed by atoms with Gasteiger partial charge in [-0.05, 0) is 6.92 Å². The van der Waals surface area contributed by atoms with Crippen LogP contribution in [-0.2, 0) is 24.8 Å². The van der Waals surface area contributed by atoms with Crippen molar-refractivity contribution in [3.05, 3.63) is 0 Å². The van der Waals surface area contributed by atoms with Crippen LogP contribution in [-0.4, -0.2) is 46.5 Å². The third-order valence-electron chi connectivity index (χ3n) is 1.54. The molecule has 0 saturated heterocycles. The second-order valence-corrected chi connectivity index (χ2v) is 7.61. The first-order valence-corrected chi connectivity index (χ1v) is 7.58. The summed E-state index contributed by atoms with van der Waals surface area (Å²) in [5.41, 5.74) is 0. The third kappa shape index (κ3) is 5.22. The van der Waals surface area contributed by atoms with Crippen LogP contribution in [0.2, 0.25) is 0 Å². The Morgan fingerprint density at radius 3 is 1.54 bits per heavy atom. The molecule has 5 nitrogen and oxygen atoms in total. The summed E-state index contributed by atoms with van der Waals surface area (Å²) < 4.78 is 43.6. The van der Waals surface area contributed by atoms with Gasteiger partial charge in [0.25, 0.3) is 0 Å². The van der Waals surface area contributed by atoms with E-state index in [0.29, 0.717) is 0 Å². The minimum absolute atomic E-state index is 0.601. The summed E-state index contributed by atoms with van der Waals surface area (Å²) in [5, 5.41) is 9.56. The Balaban J connectivity index is 4.88. The lowest BCUT2D eigenvalue weighted by Gasteiger charge is -2.14. The summed E-state index contributed by atoms with van der Waals surface area (Å²) in [7, 11) is -7.02. The van der Waals surface area contributed by atoms with E-state index < -0.39 is 36.8 Å². The number of hydrogen-bond acceptors (Lipinski definition) is 4. The van der Waals surface area contributed by atoms with Crippen molar-refractivity contribution in [1.29, 1.82) is 0 Å². The number of rotatable bonds is 4. The Morgan fingerprint density at radius 2 is 1.46 bits per heavy atom. The van der Waals surface area contributed by atoms with Crippen molar-refractivity contribution < 1.29 is 21.9 Å². The second kappa shape index (κ2) is 3.93. The molecule has 0 aliphatic heterocycles. The van der Waals surface area contributed by atoms with Crippen LogP contribution in [0.25, 0.3) is 0 Å². The van der Waals surface area contributed by atoms with Crippen LogP contribution < -0.4 is 0 Å². The molecule has 1 radical (unpaired) electrons. The molecule has 0 aromatic rings. The van der Waals surface area contributed by atoms with E-state index in [9.17, 15) is 21.9 Å². The Bertz CT molecular complexity index is 350. The standard InChI is InChI=1S/C6H13O5S2/c1-5(7)6(13(3,10)11)4-12(2,8)9/h5-6H,4H2,1-3H3. The molecule has 0 N–H and O–H groups in total. The summed E-state index contributed by atoms with van der Waals surface area (Å²) in [5.74, 6) is -0.601. The molecule has 13 heavy (non-hydrogen) atoms. The molecule has 0 rings (SSSR count). The molecule has 79 valence electrons. The third-order valence-corrected chi connectivity index (χ3v) is 4.37. The van der Waals surface area contributed by atoms with E-state index >= 15 is 0 Å². The molecule has 0 aliphatic rings. The van der Waals surface area contributed by atoms with E-state index in [-0.39, 0.29) is 0 Å². The van der Waals surface area contributed by atoms with E-state index in [1.807, 2.05) is 0 Å². The maximum absolute atomic E-state index is 11.0. The second-order valence-electron chi connectivity index (χ2n) is 3.17. The topological polar surface area (TPSA) is 88.2 Å². The fourth-order valence-corrected chi connectivity index (χ4v) is 4.20. The lowest BCUT2D eigenvalue weighted by atomic mass is 10.3. The average Bonchev–Trinajstić information content (AvgIpc) is 1.77. The van der Waals surface area contributed by atoms with Crippen LogP contribution in [0.5, 0.6) is 0 Å². The van der Waals surface area contributed by atoms with Gasteiger partial charge < -0.3 is 0 Å². The molecule has 0 aromatic heterocycles. The molecule has 0 fully saturated rings. The predicted molar refractivity (Wildman–Crippen MR) is 48.5 cm³/mol. The minimum atomic E-state index is -3.59. The predicted octanol–water partition coefficient (Wildman–Crippen LogP) is -0.737. The molecule has 0 spiro atoms. The molecule has 2 unspecified atom stereocenters. The Morgan fingerprint density at radius 1 is 1.08 bits per heavy atom. The first-order chi connectivity index (χ1) is 5.54. The van der Waals surface area contributed by atoms with Gasteiger partial charge in [-0.15, -0.1) is 0 Å². The lowest BCUT2D eigenvalue weighted by Crippen LogP contribution is -2.36. The van der Waals surface area contributed by atoms with E-state index in [1.165, 1.54) is 0 Å². The van der Waals surface area contributed by atoms with E-state index in [2.05, 4.69) is 0 Å². The van der Waals surface area contributed by atoms with Gasteiger partial charge in [0, 0.05) is 12.5 Å². The summed E-state index contributed by atoms with van der Waals surface area (Å²) in [4.78, 5) is 0. The van der Waals surface area contributed by atoms with Gasteiger partial charge in [0.05, 0.1) is 5.75 Å². The SMILES string of the molecule is CC([O])C(CS(C)(=O)=O)S(C)(=O)=O. The van der Waals surface area contributed by atoms with Crippen molar-refractivity contribution in [2.45, 2.75) is 18.3 Å². The molecule has 0 amide bonds. The van der Waals surface area contributed by atoms with E-state index in [4.69, 9.17) is 0 Å². The lowest BCUT2D eigenvalue weighted by molar-refractivity contribution is 0.105. The average molecular weight is 229 g/mol. The van der Waals surface area contributed by atoms with Crippen LogP contribution in [0.4, 0.5) is 0 Å². The first-order valence-electron chi connectivity index (χ1n) is 3.56. The molecular weight excluding hydrogens is 216 g/mol. The summed E-state index contributed by atoms with van der Waals surface area (Å²) in [6.45, 7) is 1.15. The van der Waals surface area contributed by atoms with Gasteiger partial charge >= 0.3 is 0 Å². The zero-order valence-electron chi connectivity index (χ0n) is 7.72. The van der Waals surface area contributed by atoms with Crippen LogP contribution in [0, 0.1) is 0 Å². The molecule has 0 bridgehead atoms. The van der Waals surface area contributed by atoms with Gasteiger partial charge in [-0.2, -0.15) is 0 Å². The summed E-state index contributed by atoms with van der Waals surface area (Å²) >= 11 is 0. The van der Waals surface area contributed by atoms with Crippen molar-refractivity contribution >= 4 is 19.7 Å². The van der Waals surface area contributed by atoms with Crippen molar-refractivity contribution in [3.8, 4) is 0 Å². The van der Waals surface area contributed by atoms with Gasteiger partial charge in [-0.1, -0.05) is 0 Å². The van der Waals surface area contributed by atoms with Crippen molar-refractivity contribution in [3.63, 3.8) is 0 Å². The van der Waals surface area contributed by atoms with Crippen LogP contribution in [0.3, 0.4) is 0 Å². The minimum Gasteiger partial charge on any atom is -0.232 e. The molecule has 0 aliphatic carbocycles. The quantitative estimate of drug-likeness (QED) is 0.635. The highest BCUT2D eigenvalue weighted by Crippen LogP contribution is 2.08. The molecular formula is C6H13O5S2. The zero-order valence-corrected chi connectivity index (χ0v) is 9.35. The maximum Gasteiger partial charge on any atom is 0.153 e. The molecule has 0 heterocycles. The van der Waals surface area contributed by atoms with Crippen molar-refractivity contribution in [1.82, 2.24) is 0 Å². The zero-order chi connectivity index (χ0) is 10.9. The van der Waals surface area contributed by atoms with Gasteiger partial charge in [-0.25, -0.2) is 21.9 Å². The van der Waals surface area contributed by atoms with Crippen LogP contribution in [0.15, 0.2) is 0 Å². The fourth-order valence-electron chi connectivity index (χ4n) is 0.906. The Labute approximate surface area is 78.6 Å². The van der Waals surface area contributed by atoms with E-state index in [0.717, 1.165) is 19.4 Å². The fraction of sp³-hybridized carbons (Fsp3) is 1.00. The van der Waals surface area contributed by atoms with Gasteiger partial charge in [0.2, 0.25) is 0 Å². The van der Waals surface area contributed by atoms with Crippen molar-refractivity contribution in [2.75, 3.05) is 18.3 Å². The summed E-state index contributed by atoms with van der Waals surface area (Å²) in [6.07, 6.45) is 0.356. The summed E-state index contributed by atoms with van der Waals surface area (Å²) in [6, 6.07) is 0. The smallest absolute Gasteiger partial charge is 0.153 e. The highest BCUT2D eigenvalue weighted by atomic mass is 32.2. The first kappa shape index (κ1) is 12.9. The Kier molecular flexibility index (Phi) is 3.89. The monoisotopic (exact) mass is 229 g/mol. The highest BCUT2D eigenvalue weighted by molar-refractivity contribution is 7.94. The highest BCUT2D eigenvalue weighted by Gasteiger charge is 2.30. The number of sulfone groups is 2. The number of hydrogen-bond donors (Lipinski definition) is 0. The van der Waals surface area contributed by atoms with Gasteiger partial charge in [-0.3, -0.25) is 0 Å². The van der Waals surface area contributed by atoms with Gasteiger partial charge in [0.1, 0.15) is 21.2 Å². The maximum atomic E-state index is 11.0. The molecule has 7 heteroatoms. The Hall–Kier alpha value is -0.140. The van der Waals surface area contributed by atoms with Crippen LogP contribution >= 0.6 is 0 Å².